The van der Waals surface area contributed by atoms with Gasteiger partial charge in [0.1, 0.15) is 5.78 Å². The summed E-state index contributed by atoms with van der Waals surface area (Å²) in [4.78, 5) is 12.4. The molecule has 0 aliphatic rings. The van der Waals surface area contributed by atoms with E-state index in [1.165, 1.54) is 0 Å². The second kappa shape index (κ2) is 8.30. The van der Waals surface area contributed by atoms with Crippen molar-refractivity contribution in [3.8, 4) is 11.1 Å². The van der Waals surface area contributed by atoms with Gasteiger partial charge in [-0.1, -0.05) is 91.5 Å². The molecule has 23 heavy (non-hydrogen) atoms. The normalized spacial score (nSPS) is 11.1. The molecule has 0 aromatic heterocycles. The Hall–Kier alpha value is -2.38. The van der Waals surface area contributed by atoms with Crippen LogP contribution in [0.25, 0.3) is 11.1 Å². The fourth-order valence-electron chi connectivity index (χ4n) is 2.45. The van der Waals surface area contributed by atoms with E-state index in [0.29, 0.717) is 17.0 Å². The molecule has 0 spiro atoms. The zero-order chi connectivity index (χ0) is 16.7. The molecule has 116 valence electrons. The predicted octanol–water partition coefficient (Wildman–Crippen LogP) is 5.72. The van der Waals surface area contributed by atoms with Gasteiger partial charge in [0.2, 0.25) is 0 Å². The lowest BCUT2D eigenvalue weighted by atomic mass is 9.94. The third-order valence-electron chi connectivity index (χ3n) is 3.54. The number of halogens is 1. The topological polar surface area (TPSA) is 17.1 Å². The number of hydrogen-bond donors (Lipinski definition) is 0. The summed E-state index contributed by atoms with van der Waals surface area (Å²) < 4.78 is 0. The molecule has 0 unspecified atom stereocenters. The van der Waals surface area contributed by atoms with Crippen molar-refractivity contribution in [3.05, 3.63) is 96.1 Å². The minimum Gasteiger partial charge on any atom is -0.299 e. The first-order chi connectivity index (χ1) is 11.1. The molecule has 0 fully saturated rings. The van der Waals surface area contributed by atoms with Gasteiger partial charge < -0.3 is 0 Å². The Morgan fingerprint density at radius 2 is 1.70 bits per heavy atom. The first kappa shape index (κ1) is 17.0. The van der Waals surface area contributed by atoms with E-state index in [1.807, 2.05) is 54.6 Å². The summed E-state index contributed by atoms with van der Waals surface area (Å²) in [7, 11) is 0. The molecule has 0 saturated heterocycles. The monoisotopic (exact) mass is 322 g/mol. The molecule has 0 radical (unpaired) electrons. The molecule has 2 aromatic rings. The standard InChI is InChI=1S/C21H19ClO/c1-3-9-18(16(2)22)14-20(23)15-19-12-7-8-13-21(19)17-10-5-4-6-11-17/h3-13H,1-2,14-15H2/b18-9-. The van der Waals surface area contributed by atoms with Crippen LogP contribution in [0.2, 0.25) is 0 Å². The first-order valence-corrected chi connectivity index (χ1v) is 7.81. The summed E-state index contributed by atoms with van der Waals surface area (Å²) in [6, 6.07) is 18.0. The van der Waals surface area contributed by atoms with Gasteiger partial charge in [-0.15, -0.1) is 0 Å². The van der Waals surface area contributed by atoms with Gasteiger partial charge >= 0.3 is 0 Å². The summed E-state index contributed by atoms with van der Waals surface area (Å²) in [5, 5.41) is 0.384. The van der Waals surface area contributed by atoms with Gasteiger partial charge in [0.15, 0.2) is 0 Å². The van der Waals surface area contributed by atoms with Crippen molar-refractivity contribution in [2.45, 2.75) is 12.8 Å². The van der Waals surface area contributed by atoms with Crippen molar-refractivity contribution in [3.63, 3.8) is 0 Å². The minimum absolute atomic E-state index is 0.100. The SMILES string of the molecule is C=C/C=C(/CC(=O)Cc1ccccc1-c1ccccc1)C(=C)Cl. The van der Waals surface area contributed by atoms with Crippen molar-refractivity contribution in [1.29, 1.82) is 0 Å². The average molecular weight is 323 g/mol. The van der Waals surface area contributed by atoms with Crippen molar-refractivity contribution >= 4 is 17.4 Å². The van der Waals surface area contributed by atoms with E-state index in [2.05, 4.69) is 13.2 Å². The second-order valence-corrected chi connectivity index (χ2v) is 5.70. The molecule has 0 N–H and O–H groups in total. The second-order valence-electron chi connectivity index (χ2n) is 5.25. The zero-order valence-electron chi connectivity index (χ0n) is 13.0. The van der Waals surface area contributed by atoms with Crippen LogP contribution in [-0.2, 0) is 11.2 Å². The van der Waals surface area contributed by atoms with Crippen LogP contribution in [0.4, 0.5) is 0 Å². The van der Waals surface area contributed by atoms with Crippen LogP contribution < -0.4 is 0 Å². The van der Waals surface area contributed by atoms with E-state index in [-0.39, 0.29) is 12.2 Å². The van der Waals surface area contributed by atoms with Gasteiger partial charge in [-0.2, -0.15) is 0 Å². The molecule has 2 rings (SSSR count). The molecule has 1 nitrogen and oxygen atoms in total. The van der Waals surface area contributed by atoms with E-state index in [1.54, 1.807) is 12.2 Å². The molecule has 0 atom stereocenters. The minimum atomic E-state index is 0.100. The number of benzene rings is 2. The smallest absolute Gasteiger partial charge is 0.141 e. The summed E-state index contributed by atoms with van der Waals surface area (Å²) >= 11 is 5.93. The Balaban J connectivity index is 2.21. The van der Waals surface area contributed by atoms with Gasteiger partial charge in [0, 0.05) is 17.9 Å². The maximum absolute atomic E-state index is 12.4. The summed E-state index contributed by atoms with van der Waals surface area (Å²) in [6.45, 7) is 7.34. The van der Waals surface area contributed by atoms with Crippen molar-refractivity contribution < 1.29 is 4.79 Å². The molecule has 0 aliphatic carbocycles. The maximum atomic E-state index is 12.4. The van der Waals surface area contributed by atoms with E-state index >= 15 is 0 Å². The molecule has 0 aliphatic heterocycles. The van der Waals surface area contributed by atoms with Gasteiger partial charge in [0.05, 0.1) is 0 Å². The molecule has 0 saturated carbocycles. The lowest BCUT2D eigenvalue weighted by molar-refractivity contribution is -0.117. The molecule has 0 amide bonds. The summed E-state index contributed by atoms with van der Waals surface area (Å²) in [5.41, 5.74) is 3.92. The molecule has 0 heterocycles. The third-order valence-corrected chi connectivity index (χ3v) is 3.79. The highest BCUT2D eigenvalue weighted by Crippen LogP contribution is 2.25. The summed E-state index contributed by atoms with van der Waals surface area (Å²) in [6.07, 6.45) is 3.98. The van der Waals surface area contributed by atoms with E-state index in [0.717, 1.165) is 16.7 Å². The van der Waals surface area contributed by atoms with Crippen LogP contribution in [0.1, 0.15) is 12.0 Å². The van der Waals surface area contributed by atoms with E-state index in [4.69, 9.17) is 11.6 Å². The Morgan fingerprint density at radius 1 is 1.04 bits per heavy atom. The fraction of sp³-hybridized carbons (Fsp3) is 0.0952. The van der Waals surface area contributed by atoms with Crippen molar-refractivity contribution in [2.24, 2.45) is 0 Å². The van der Waals surface area contributed by atoms with E-state index in [9.17, 15) is 4.79 Å². The first-order valence-electron chi connectivity index (χ1n) is 7.43. The van der Waals surface area contributed by atoms with Gasteiger partial charge in [-0.25, -0.2) is 0 Å². The third kappa shape index (κ3) is 4.80. The molecular weight excluding hydrogens is 304 g/mol. The van der Waals surface area contributed by atoms with Crippen LogP contribution in [0.15, 0.2) is 90.5 Å². The maximum Gasteiger partial charge on any atom is 0.141 e. The fourth-order valence-corrected chi connectivity index (χ4v) is 2.58. The van der Waals surface area contributed by atoms with Crippen LogP contribution in [0.3, 0.4) is 0 Å². The largest absolute Gasteiger partial charge is 0.299 e. The molecule has 2 heteroatoms. The number of rotatable bonds is 7. The molecule has 2 aromatic carbocycles. The number of ketones is 1. The average Bonchev–Trinajstić information content (AvgIpc) is 2.55. The van der Waals surface area contributed by atoms with Crippen LogP contribution in [0, 0.1) is 0 Å². The van der Waals surface area contributed by atoms with Gasteiger partial charge in [0.25, 0.3) is 0 Å². The zero-order valence-corrected chi connectivity index (χ0v) is 13.7. The van der Waals surface area contributed by atoms with Gasteiger partial charge in [-0.05, 0) is 22.3 Å². The predicted molar refractivity (Wildman–Crippen MR) is 98.5 cm³/mol. The molecule has 0 bridgehead atoms. The number of carbonyl (C=O) groups excluding carboxylic acids is 1. The Bertz CT molecular complexity index is 741. The van der Waals surface area contributed by atoms with Crippen LogP contribution >= 0.6 is 11.6 Å². The van der Waals surface area contributed by atoms with Crippen molar-refractivity contribution in [2.75, 3.05) is 0 Å². The number of hydrogen-bond acceptors (Lipinski definition) is 1. The van der Waals surface area contributed by atoms with E-state index < -0.39 is 0 Å². The summed E-state index contributed by atoms with van der Waals surface area (Å²) in [5.74, 6) is 0.100. The highest BCUT2D eigenvalue weighted by atomic mass is 35.5. The lowest BCUT2D eigenvalue weighted by Crippen LogP contribution is -2.05. The Kier molecular flexibility index (Phi) is 6.13. The highest BCUT2D eigenvalue weighted by Gasteiger charge is 2.12. The number of Topliss-reactive ketones (excluding diaryl/α,β-unsaturated/α-hetero) is 1. The van der Waals surface area contributed by atoms with Crippen molar-refractivity contribution in [1.82, 2.24) is 0 Å². The van der Waals surface area contributed by atoms with Crippen LogP contribution in [-0.4, -0.2) is 5.78 Å². The molecular formula is C21H19ClO. The number of carbonyl (C=O) groups is 1. The highest BCUT2D eigenvalue weighted by molar-refractivity contribution is 6.31. The number of allylic oxidation sites excluding steroid dienone is 4. The Morgan fingerprint density at radius 3 is 2.35 bits per heavy atom. The van der Waals surface area contributed by atoms with Gasteiger partial charge in [-0.3, -0.25) is 4.79 Å². The quantitative estimate of drug-likeness (QED) is 0.596. The lowest BCUT2D eigenvalue weighted by Gasteiger charge is -2.10. The Labute approximate surface area is 142 Å². The van der Waals surface area contributed by atoms with Crippen LogP contribution in [0.5, 0.6) is 0 Å².